The maximum absolute atomic E-state index is 6.59. The Bertz CT molecular complexity index is 1310. The zero-order valence-corrected chi connectivity index (χ0v) is 17.4. The van der Waals surface area contributed by atoms with Crippen molar-refractivity contribution in [2.24, 2.45) is 0 Å². The first kappa shape index (κ1) is 18.2. The second-order valence-corrected chi connectivity index (χ2v) is 8.16. The van der Waals surface area contributed by atoms with E-state index in [4.69, 9.17) is 16.3 Å². The van der Waals surface area contributed by atoms with E-state index in [-0.39, 0.29) is 12.1 Å². The Morgan fingerprint density at radius 3 is 2.74 bits per heavy atom. The molecule has 6 rings (SSSR count). The first-order valence-corrected chi connectivity index (χ1v) is 10.4. The fourth-order valence-electron chi connectivity index (χ4n) is 4.32. The van der Waals surface area contributed by atoms with Gasteiger partial charge >= 0.3 is 0 Å². The molecular weight excluding hydrogens is 410 g/mol. The van der Waals surface area contributed by atoms with Crippen molar-refractivity contribution in [1.29, 1.82) is 0 Å². The van der Waals surface area contributed by atoms with Crippen molar-refractivity contribution < 1.29 is 4.74 Å². The van der Waals surface area contributed by atoms with E-state index in [1.54, 1.807) is 12.5 Å². The summed E-state index contributed by atoms with van der Waals surface area (Å²) in [5.41, 5.74) is 6.18. The van der Waals surface area contributed by atoms with Crippen LogP contribution in [0.15, 0.2) is 78.9 Å². The zero-order valence-electron chi connectivity index (χ0n) is 16.7. The highest BCUT2D eigenvalue weighted by Gasteiger charge is 2.41. The van der Waals surface area contributed by atoms with Crippen molar-refractivity contribution in [1.82, 2.24) is 19.7 Å². The van der Waals surface area contributed by atoms with Crippen molar-refractivity contribution in [3.63, 3.8) is 0 Å². The minimum absolute atomic E-state index is 0.221. The Balaban J connectivity index is 1.64. The van der Waals surface area contributed by atoms with E-state index in [0.717, 1.165) is 33.7 Å². The fourth-order valence-corrected chi connectivity index (χ4v) is 4.49. The number of nitrogens with one attached hydrogen (secondary N) is 1. The lowest BCUT2D eigenvalue weighted by atomic mass is 9.85. The summed E-state index contributed by atoms with van der Waals surface area (Å²) in [6, 6.07) is 17.9. The molecule has 31 heavy (non-hydrogen) atoms. The Hall–Kier alpha value is -3.64. The maximum Gasteiger partial charge on any atom is 0.226 e. The Kier molecular flexibility index (Phi) is 4.07. The van der Waals surface area contributed by atoms with Crippen LogP contribution in [0.5, 0.6) is 5.75 Å². The molecule has 0 radical (unpaired) electrons. The van der Waals surface area contributed by atoms with E-state index in [1.807, 2.05) is 35.1 Å². The lowest BCUT2D eigenvalue weighted by Crippen LogP contribution is -2.32. The number of halogens is 1. The molecule has 2 unspecified atom stereocenters. The second kappa shape index (κ2) is 6.96. The van der Waals surface area contributed by atoms with Crippen LogP contribution in [-0.2, 0) is 0 Å². The number of anilines is 1. The standard InChI is InChI=1S/C24H18ClN5O/c1-14-4-6-15(7-5-14)23-20-21(18-11-17(25)8-9-19(18)31-23)29-24-27-13-28-30(24)22(20)16-3-2-10-26-12-16/h2-13,22-23H,1H3,(H,27,28,29). The lowest BCUT2D eigenvalue weighted by Gasteiger charge is -2.38. The van der Waals surface area contributed by atoms with Crippen molar-refractivity contribution in [2.75, 3.05) is 5.32 Å². The minimum Gasteiger partial charge on any atom is -0.480 e. The molecule has 0 saturated heterocycles. The van der Waals surface area contributed by atoms with Crippen molar-refractivity contribution >= 4 is 23.2 Å². The van der Waals surface area contributed by atoms with E-state index in [2.05, 4.69) is 57.6 Å². The summed E-state index contributed by atoms with van der Waals surface area (Å²) in [7, 11) is 0. The molecule has 2 atom stereocenters. The number of pyridine rings is 1. The third-order valence-electron chi connectivity index (χ3n) is 5.76. The molecule has 1 N–H and O–H groups in total. The van der Waals surface area contributed by atoms with Gasteiger partial charge in [-0.1, -0.05) is 47.5 Å². The van der Waals surface area contributed by atoms with E-state index in [0.29, 0.717) is 11.0 Å². The van der Waals surface area contributed by atoms with Crippen LogP contribution in [0.2, 0.25) is 5.02 Å². The van der Waals surface area contributed by atoms with Gasteiger partial charge in [-0.3, -0.25) is 4.98 Å². The lowest BCUT2D eigenvalue weighted by molar-refractivity contribution is 0.223. The van der Waals surface area contributed by atoms with Crippen LogP contribution in [0, 0.1) is 6.92 Å². The number of aryl methyl sites for hydroxylation is 1. The molecule has 7 heteroatoms. The Morgan fingerprint density at radius 1 is 1.06 bits per heavy atom. The van der Waals surface area contributed by atoms with E-state index < -0.39 is 0 Å². The smallest absolute Gasteiger partial charge is 0.226 e. The molecule has 0 bridgehead atoms. The molecule has 2 aliphatic rings. The molecule has 0 aliphatic carbocycles. The van der Waals surface area contributed by atoms with Crippen molar-refractivity contribution in [3.05, 3.63) is 106 Å². The fraction of sp³-hybridized carbons (Fsp3) is 0.125. The van der Waals surface area contributed by atoms with Gasteiger partial charge in [0.15, 0.2) is 0 Å². The summed E-state index contributed by atoms with van der Waals surface area (Å²) in [5.74, 6) is 1.45. The number of rotatable bonds is 2. The van der Waals surface area contributed by atoms with E-state index in [1.165, 1.54) is 5.56 Å². The van der Waals surface area contributed by atoms with E-state index in [9.17, 15) is 0 Å². The molecule has 0 amide bonds. The van der Waals surface area contributed by atoms with Crippen LogP contribution in [0.25, 0.3) is 5.70 Å². The highest BCUT2D eigenvalue weighted by molar-refractivity contribution is 6.30. The predicted molar refractivity (Wildman–Crippen MR) is 119 cm³/mol. The average molecular weight is 428 g/mol. The monoisotopic (exact) mass is 427 g/mol. The predicted octanol–water partition coefficient (Wildman–Crippen LogP) is 5.19. The maximum atomic E-state index is 6.59. The van der Waals surface area contributed by atoms with Gasteiger partial charge in [0.2, 0.25) is 5.95 Å². The molecule has 4 aromatic rings. The highest BCUT2D eigenvalue weighted by atomic mass is 35.5. The van der Waals surface area contributed by atoms with Gasteiger partial charge in [-0.05, 0) is 42.3 Å². The topological polar surface area (TPSA) is 64.9 Å². The first-order valence-electron chi connectivity index (χ1n) is 10.0. The van der Waals surface area contributed by atoms with Crippen LogP contribution in [-0.4, -0.2) is 19.7 Å². The van der Waals surface area contributed by atoms with Crippen LogP contribution in [0.4, 0.5) is 5.95 Å². The van der Waals surface area contributed by atoms with Gasteiger partial charge < -0.3 is 10.1 Å². The van der Waals surface area contributed by atoms with Gasteiger partial charge in [0.25, 0.3) is 0 Å². The Labute approximate surface area is 184 Å². The summed E-state index contributed by atoms with van der Waals surface area (Å²) >= 11 is 6.36. The molecule has 4 heterocycles. The number of fused-ring (bicyclic) bond motifs is 3. The summed E-state index contributed by atoms with van der Waals surface area (Å²) in [4.78, 5) is 8.80. The number of hydrogen-bond acceptors (Lipinski definition) is 5. The second-order valence-electron chi connectivity index (χ2n) is 7.72. The van der Waals surface area contributed by atoms with Crippen LogP contribution in [0.1, 0.15) is 34.4 Å². The van der Waals surface area contributed by atoms with Crippen molar-refractivity contribution in [3.8, 4) is 5.75 Å². The summed E-state index contributed by atoms with van der Waals surface area (Å²) in [5, 5.41) is 8.65. The van der Waals surface area contributed by atoms with Gasteiger partial charge in [0.05, 0.1) is 5.70 Å². The molecule has 0 saturated carbocycles. The quantitative estimate of drug-likeness (QED) is 0.476. The largest absolute Gasteiger partial charge is 0.480 e. The molecule has 2 aliphatic heterocycles. The summed E-state index contributed by atoms with van der Waals surface area (Å²) < 4.78 is 8.47. The minimum atomic E-state index is -0.306. The average Bonchev–Trinajstić information content (AvgIpc) is 3.27. The molecule has 0 fully saturated rings. The third kappa shape index (κ3) is 2.91. The van der Waals surface area contributed by atoms with Crippen LogP contribution in [0.3, 0.4) is 0 Å². The number of nitrogens with zero attached hydrogens (tertiary/aromatic N) is 4. The van der Waals surface area contributed by atoms with Gasteiger partial charge in [-0.15, -0.1) is 0 Å². The third-order valence-corrected chi connectivity index (χ3v) is 5.99. The van der Waals surface area contributed by atoms with E-state index >= 15 is 0 Å². The molecule has 0 spiro atoms. The number of benzene rings is 2. The first-order chi connectivity index (χ1) is 15.2. The molecule has 2 aromatic heterocycles. The molecule has 2 aromatic carbocycles. The summed E-state index contributed by atoms with van der Waals surface area (Å²) in [6.45, 7) is 2.08. The van der Waals surface area contributed by atoms with Crippen LogP contribution >= 0.6 is 11.6 Å². The van der Waals surface area contributed by atoms with Gasteiger partial charge in [0.1, 0.15) is 24.2 Å². The molecule has 152 valence electrons. The van der Waals surface area contributed by atoms with Crippen LogP contribution < -0.4 is 10.1 Å². The highest BCUT2D eigenvalue weighted by Crippen LogP contribution is 2.50. The van der Waals surface area contributed by atoms with Gasteiger partial charge in [-0.25, -0.2) is 4.68 Å². The van der Waals surface area contributed by atoms with Gasteiger partial charge in [0, 0.05) is 28.6 Å². The molecule has 6 nitrogen and oxygen atoms in total. The number of hydrogen-bond donors (Lipinski definition) is 1. The SMILES string of the molecule is Cc1ccc(C2Oc3ccc(Cl)cc3C3=C2C(c2cccnc2)n2ncnc2N3)cc1. The number of ether oxygens (including phenoxy) is 1. The van der Waals surface area contributed by atoms with Crippen molar-refractivity contribution in [2.45, 2.75) is 19.1 Å². The van der Waals surface area contributed by atoms with Gasteiger partial charge in [-0.2, -0.15) is 10.1 Å². The summed E-state index contributed by atoms with van der Waals surface area (Å²) in [6.07, 6.45) is 4.89. The zero-order chi connectivity index (χ0) is 20.9. The molecular formula is C24H18ClN5O. The Morgan fingerprint density at radius 2 is 1.94 bits per heavy atom. The normalized spacial score (nSPS) is 19.0. The number of aromatic nitrogens is 4.